The van der Waals surface area contributed by atoms with E-state index in [1.807, 2.05) is 12.1 Å². The maximum Gasteiger partial charge on any atom is 0.120 e. The van der Waals surface area contributed by atoms with E-state index in [1.54, 1.807) is 13.2 Å². The first-order valence-corrected chi connectivity index (χ1v) is 4.32. The number of alkyl halides is 1. The van der Waals surface area contributed by atoms with Crippen molar-refractivity contribution in [2.75, 3.05) is 18.4 Å². The second-order valence-corrected chi connectivity index (χ2v) is 2.83. The fourth-order valence-electron chi connectivity index (χ4n) is 0.838. The van der Waals surface area contributed by atoms with Crippen LogP contribution in [0.2, 0.25) is 5.02 Å². The smallest absolute Gasteiger partial charge is 0.120 e. The van der Waals surface area contributed by atoms with Gasteiger partial charge in [0.25, 0.3) is 0 Å². The van der Waals surface area contributed by atoms with Crippen molar-refractivity contribution in [3.63, 3.8) is 0 Å². The molecule has 0 heterocycles. The number of hydrogen-bond acceptors (Lipinski definition) is 2. The molecular weight excluding hydrogens is 197 g/mol. The van der Waals surface area contributed by atoms with Gasteiger partial charge in [0.05, 0.1) is 23.8 Å². The third kappa shape index (κ3) is 2.19. The summed E-state index contributed by atoms with van der Waals surface area (Å²) in [5, 5.41) is 3.51. The molecule has 0 aliphatic rings. The average molecular weight is 206 g/mol. The second kappa shape index (κ2) is 4.43. The van der Waals surface area contributed by atoms with Gasteiger partial charge in [0.1, 0.15) is 5.75 Å². The van der Waals surface area contributed by atoms with Gasteiger partial charge >= 0.3 is 0 Å². The summed E-state index contributed by atoms with van der Waals surface area (Å²) in [6.45, 7) is 0. The summed E-state index contributed by atoms with van der Waals surface area (Å²) < 4.78 is 4.98. The molecule has 0 radical (unpaired) electrons. The topological polar surface area (TPSA) is 21.3 Å². The second-order valence-electron chi connectivity index (χ2n) is 2.16. The van der Waals surface area contributed by atoms with E-state index >= 15 is 0 Å². The molecule has 1 aromatic carbocycles. The number of rotatable bonds is 3. The molecule has 1 rings (SSSR count). The maximum atomic E-state index is 5.89. The summed E-state index contributed by atoms with van der Waals surface area (Å²) >= 11 is 11.4. The third-order valence-corrected chi connectivity index (χ3v) is 1.88. The summed E-state index contributed by atoms with van der Waals surface area (Å²) in [4.78, 5) is 0. The van der Waals surface area contributed by atoms with Crippen LogP contribution in [-0.2, 0) is 0 Å². The average Bonchev–Trinajstić information content (AvgIpc) is 2.09. The van der Waals surface area contributed by atoms with Crippen LogP contribution in [0.4, 0.5) is 5.69 Å². The van der Waals surface area contributed by atoms with Crippen LogP contribution in [0.25, 0.3) is 0 Å². The van der Waals surface area contributed by atoms with Crippen molar-refractivity contribution in [2.24, 2.45) is 0 Å². The standard InChI is InChI=1S/C8H9Cl2NO/c1-12-6-2-3-8(11-5-9)7(10)4-6/h2-4,11H,5H2,1H3. The number of benzene rings is 1. The van der Waals surface area contributed by atoms with Crippen LogP contribution >= 0.6 is 23.2 Å². The Labute approximate surface area is 81.4 Å². The molecule has 0 saturated carbocycles. The van der Waals surface area contributed by atoms with Gasteiger partial charge in [-0.2, -0.15) is 0 Å². The summed E-state index contributed by atoms with van der Waals surface area (Å²) in [6, 6.07) is 5.72. The zero-order valence-corrected chi connectivity index (χ0v) is 8.12. The van der Waals surface area contributed by atoms with Gasteiger partial charge in [-0.25, -0.2) is 0 Å². The van der Waals surface area contributed by atoms with Crippen LogP contribution in [0.1, 0.15) is 0 Å². The van der Waals surface area contributed by atoms with Crippen LogP contribution in [-0.4, -0.2) is 13.1 Å². The lowest BCUT2D eigenvalue weighted by Gasteiger charge is -2.06. The number of anilines is 1. The van der Waals surface area contributed by atoms with Crippen molar-refractivity contribution in [2.45, 2.75) is 0 Å². The monoisotopic (exact) mass is 205 g/mol. The summed E-state index contributed by atoms with van der Waals surface area (Å²) in [7, 11) is 1.60. The molecule has 1 aromatic rings. The number of ether oxygens (including phenoxy) is 1. The molecular formula is C8H9Cl2NO. The van der Waals surface area contributed by atoms with Crippen LogP contribution < -0.4 is 10.1 Å². The Morgan fingerprint density at radius 2 is 2.25 bits per heavy atom. The zero-order valence-electron chi connectivity index (χ0n) is 6.60. The Hall–Kier alpha value is -0.600. The summed E-state index contributed by atoms with van der Waals surface area (Å²) in [6.07, 6.45) is 0. The number of hydrogen-bond donors (Lipinski definition) is 1. The van der Waals surface area contributed by atoms with Gasteiger partial charge in [0.15, 0.2) is 0 Å². The van der Waals surface area contributed by atoms with Crippen molar-refractivity contribution in [3.05, 3.63) is 23.2 Å². The molecule has 0 aliphatic carbocycles. The quantitative estimate of drug-likeness (QED) is 0.606. The highest BCUT2D eigenvalue weighted by atomic mass is 35.5. The van der Waals surface area contributed by atoms with Crippen molar-refractivity contribution in [1.82, 2.24) is 0 Å². The third-order valence-electron chi connectivity index (χ3n) is 1.43. The van der Waals surface area contributed by atoms with E-state index in [0.717, 1.165) is 11.4 Å². The number of methoxy groups -OCH3 is 1. The molecule has 0 aliphatic heterocycles. The highest BCUT2D eigenvalue weighted by molar-refractivity contribution is 6.33. The molecule has 2 nitrogen and oxygen atoms in total. The van der Waals surface area contributed by atoms with E-state index in [0.29, 0.717) is 11.0 Å². The predicted octanol–water partition coefficient (Wildman–Crippen LogP) is 2.96. The van der Waals surface area contributed by atoms with E-state index in [2.05, 4.69) is 5.32 Å². The molecule has 0 spiro atoms. The first-order valence-electron chi connectivity index (χ1n) is 3.41. The Bertz CT molecular complexity index is 265. The largest absolute Gasteiger partial charge is 0.497 e. The minimum atomic E-state index is 0.339. The normalized spacial score (nSPS) is 9.58. The van der Waals surface area contributed by atoms with Crippen LogP contribution in [0.15, 0.2) is 18.2 Å². The van der Waals surface area contributed by atoms with Crippen LogP contribution in [0.3, 0.4) is 0 Å². The molecule has 0 atom stereocenters. The molecule has 1 N–H and O–H groups in total. The molecule has 12 heavy (non-hydrogen) atoms. The first kappa shape index (κ1) is 9.49. The van der Waals surface area contributed by atoms with Gasteiger partial charge in [-0.1, -0.05) is 11.6 Å². The van der Waals surface area contributed by atoms with Crippen LogP contribution in [0.5, 0.6) is 5.75 Å². The first-order chi connectivity index (χ1) is 5.77. The Morgan fingerprint density at radius 3 is 2.75 bits per heavy atom. The highest BCUT2D eigenvalue weighted by Gasteiger charge is 1.99. The van der Waals surface area contributed by atoms with Gasteiger partial charge in [0.2, 0.25) is 0 Å². The fraction of sp³-hybridized carbons (Fsp3) is 0.250. The SMILES string of the molecule is COc1ccc(NCCl)c(Cl)c1. The molecule has 0 unspecified atom stereocenters. The van der Waals surface area contributed by atoms with Crippen LogP contribution in [0, 0.1) is 0 Å². The molecule has 0 fully saturated rings. The van der Waals surface area contributed by atoms with Gasteiger partial charge in [-0.15, -0.1) is 11.6 Å². The summed E-state index contributed by atoms with van der Waals surface area (Å²) in [5.41, 5.74) is 0.812. The van der Waals surface area contributed by atoms with E-state index < -0.39 is 0 Å². The minimum absolute atomic E-state index is 0.339. The van der Waals surface area contributed by atoms with Crippen molar-refractivity contribution in [3.8, 4) is 5.75 Å². The lowest BCUT2D eigenvalue weighted by Crippen LogP contribution is -1.95. The Balaban J connectivity index is 2.87. The van der Waals surface area contributed by atoms with Gasteiger partial charge in [-0.05, 0) is 12.1 Å². The molecule has 0 saturated heterocycles. The lowest BCUT2D eigenvalue weighted by atomic mass is 10.3. The predicted molar refractivity (Wildman–Crippen MR) is 52.3 cm³/mol. The zero-order chi connectivity index (χ0) is 8.97. The van der Waals surface area contributed by atoms with Crippen molar-refractivity contribution < 1.29 is 4.74 Å². The van der Waals surface area contributed by atoms with E-state index in [4.69, 9.17) is 27.9 Å². The Kier molecular flexibility index (Phi) is 3.50. The maximum absolute atomic E-state index is 5.89. The molecule has 66 valence electrons. The molecule has 0 bridgehead atoms. The fourth-order valence-corrected chi connectivity index (χ4v) is 1.22. The summed E-state index contributed by atoms with van der Waals surface area (Å²) in [5.74, 6) is 0.736. The number of halogens is 2. The number of nitrogens with one attached hydrogen (secondary N) is 1. The lowest BCUT2D eigenvalue weighted by molar-refractivity contribution is 0.415. The van der Waals surface area contributed by atoms with E-state index in [9.17, 15) is 0 Å². The molecule has 4 heteroatoms. The van der Waals surface area contributed by atoms with E-state index in [-0.39, 0.29) is 0 Å². The van der Waals surface area contributed by atoms with E-state index in [1.165, 1.54) is 0 Å². The van der Waals surface area contributed by atoms with Gasteiger partial charge < -0.3 is 10.1 Å². The van der Waals surface area contributed by atoms with Crippen molar-refractivity contribution >= 4 is 28.9 Å². The molecule has 0 amide bonds. The highest BCUT2D eigenvalue weighted by Crippen LogP contribution is 2.26. The Morgan fingerprint density at radius 1 is 1.50 bits per heavy atom. The minimum Gasteiger partial charge on any atom is -0.497 e. The van der Waals surface area contributed by atoms with Crippen molar-refractivity contribution in [1.29, 1.82) is 0 Å². The molecule has 0 aromatic heterocycles. The van der Waals surface area contributed by atoms with Gasteiger partial charge in [-0.3, -0.25) is 0 Å². The van der Waals surface area contributed by atoms with Gasteiger partial charge in [0, 0.05) is 6.07 Å².